The van der Waals surface area contributed by atoms with Crippen molar-refractivity contribution in [1.29, 1.82) is 0 Å². The monoisotopic (exact) mass is 273 g/mol. The van der Waals surface area contributed by atoms with Crippen molar-refractivity contribution in [2.75, 3.05) is 6.54 Å². The van der Waals surface area contributed by atoms with E-state index in [1.807, 2.05) is 0 Å². The van der Waals surface area contributed by atoms with Gasteiger partial charge in [-0.3, -0.25) is 0 Å². The molecule has 1 N–H and O–H groups in total. The number of tetrazole rings is 1. The standard InChI is InChI=1S/C15H23N5/c1-11(2)9-16-10-15-17-18-19-20(15)14-7-5-13(6-8-14)12(3)4/h5-8,11-12,16H,9-10H2,1-4H3. The van der Waals surface area contributed by atoms with E-state index < -0.39 is 0 Å². The van der Waals surface area contributed by atoms with Gasteiger partial charge in [0.1, 0.15) is 0 Å². The lowest BCUT2D eigenvalue weighted by Gasteiger charge is -2.09. The number of benzene rings is 1. The van der Waals surface area contributed by atoms with Gasteiger partial charge in [-0.25, -0.2) is 0 Å². The topological polar surface area (TPSA) is 55.6 Å². The summed E-state index contributed by atoms with van der Waals surface area (Å²) in [5.74, 6) is 1.98. The third kappa shape index (κ3) is 3.63. The van der Waals surface area contributed by atoms with Crippen molar-refractivity contribution in [3.8, 4) is 5.69 Å². The van der Waals surface area contributed by atoms with Gasteiger partial charge >= 0.3 is 0 Å². The summed E-state index contributed by atoms with van der Waals surface area (Å²) < 4.78 is 1.79. The molecule has 0 amide bonds. The molecule has 0 atom stereocenters. The van der Waals surface area contributed by atoms with Crippen LogP contribution in [0.15, 0.2) is 24.3 Å². The molecule has 0 aliphatic rings. The number of rotatable bonds is 6. The fraction of sp³-hybridized carbons (Fsp3) is 0.533. The minimum atomic E-state index is 0.533. The first-order valence-corrected chi connectivity index (χ1v) is 7.16. The first kappa shape index (κ1) is 14.7. The molecule has 5 heteroatoms. The normalized spacial score (nSPS) is 11.5. The molecule has 2 rings (SSSR count). The average Bonchev–Trinajstić information content (AvgIpc) is 2.87. The van der Waals surface area contributed by atoms with Crippen LogP contribution in [0, 0.1) is 5.92 Å². The molecular formula is C15H23N5. The van der Waals surface area contributed by atoms with Crippen molar-refractivity contribution >= 4 is 0 Å². The number of aromatic nitrogens is 4. The number of hydrogen-bond acceptors (Lipinski definition) is 4. The van der Waals surface area contributed by atoms with Crippen LogP contribution in [-0.4, -0.2) is 26.8 Å². The van der Waals surface area contributed by atoms with E-state index in [-0.39, 0.29) is 0 Å². The zero-order valence-electron chi connectivity index (χ0n) is 12.7. The van der Waals surface area contributed by atoms with Gasteiger partial charge in [0.05, 0.1) is 12.2 Å². The Balaban J connectivity index is 2.10. The van der Waals surface area contributed by atoms with Crippen LogP contribution in [0.5, 0.6) is 0 Å². The van der Waals surface area contributed by atoms with Crippen LogP contribution >= 0.6 is 0 Å². The summed E-state index contributed by atoms with van der Waals surface area (Å²) in [7, 11) is 0. The lowest BCUT2D eigenvalue weighted by molar-refractivity contribution is 0.537. The van der Waals surface area contributed by atoms with E-state index in [9.17, 15) is 0 Å². The van der Waals surface area contributed by atoms with Gasteiger partial charge in [0.15, 0.2) is 5.82 Å². The van der Waals surface area contributed by atoms with E-state index in [0.717, 1.165) is 18.1 Å². The molecule has 108 valence electrons. The van der Waals surface area contributed by atoms with E-state index in [1.54, 1.807) is 4.68 Å². The first-order valence-electron chi connectivity index (χ1n) is 7.16. The second-order valence-electron chi connectivity index (χ2n) is 5.78. The lowest BCUT2D eigenvalue weighted by atomic mass is 10.0. The third-order valence-corrected chi connectivity index (χ3v) is 3.17. The Morgan fingerprint density at radius 3 is 2.40 bits per heavy atom. The highest BCUT2D eigenvalue weighted by atomic mass is 15.5. The Hall–Kier alpha value is -1.75. The number of nitrogens with zero attached hydrogens (tertiary/aromatic N) is 4. The maximum absolute atomic E-state index is 4.09. The van der Waals surface area contributed by atoms with Crippen LogP contribution in [0.3, 0.4) is 0 Å². The van der Waals surface area contributed by atoms with Crippen molar-refractivity contribution in [2.24, 2.45) is 5.92 Å². The average molecular weight is 273 g/mol. The van der Waals surface area contributed by atoms with Crippen molar-refractivity contribution in [2.45, 2.75) is 40.2 Å². The second-order valence-corrected chi connectivity index (χ2v) is 5.78. The van der Waals surface area contributed by atoms with Crippen molar-refractivity contribution in [3.63, 3.8) is 0 Å². The van der Waals surface area contributed by atoms with Gasteiger partial charge in [-0.05, 0) is 46.5 Å². The summed E-state index contributed by atoms with van der Waals surface area (Å²) in [6.07, 6.45) is 0. The summed E-state index contributed by atoms with van der Waals surface area (Å²) in [6, 6.07) is 8.40. The summed E-state index contributed by atoms with van der Waals surface area (Å²) >= 11 is 0. The lowest BCUT2D eigenvalue weighted by Crippen LogP contribution is -2.21. The van der Waals surface area contributed by atoms with Gasteiger partial charge in [0, 0.05) is 0 Å². The zero-order valence-corrected chi connectivity index (χ0v) is 12.7. The van der Waals surface area contributed by atoms with Gasteiger partial charge in [-0.2, -0.15) is 4.68 Å². The first-order chi connectivity index (χ1) is 9.58. The van der Waals surface area contributed by atoms with E-state index >= 15 is 0 Å². The quantitative estimate of drug-likeness (QED) is 0.878. The molecule has 0 spiro atoms. The van der Waals surface area contributed by atoms with Crippen LogP contribution in [0.2, 0.25) is 0 Å². The van der Waals surface area contributed by atoms with E-state index in [2.05, 4.69) is 72.8 Å². The molecule has 0 radical (unpaired) electrons. The van der Waals surface area contributed by atoms with Crippen LogP contribution < -0.4 is 5.32 Å². The zero-order chi connectivity index (χ0) is 14.5. The van der Waals surface area contributed by atoms with Crippen molar-refractivity contribution < 1.29 is 0 Å². The largest absolute Gasteiger partial charge is 0.310 e. The molecule has 1 heterocycles. The fourth-order valence-corrected chi connectivity index (χ4v) is 1.99. The highest BCUT2D eigenvalue weighted by molar-refractivity contribution is 5.35. The van der Waals surface area contributed by atoms with E-state index in [1.165, 1.54) is 5.56 Å². The van der Waals surface area contributed by atoms with Crippen LogP contribution in [0.4, 0.5) is 0 Å². The Morgan fingerprint density at radius 1 is 1.10 bits per heavy atom. The van der Waals surface area contributed by atoms with Gasteiger partial charge in [0.25, 0.3) is 0 Å². The van der Waals surface area contributed by atoms with E-state index in [0.29, 0.717) is 18.4 Å². The van der Waals surface area contributed by atoms with Crippen LogP contribution in [0.25, 0.3) is 5.69 Å². The minimum absolute atomic E-state index is 0.533. The van der Waals surface area contributed by atoms with Gasteiger partial charge in [-0.1, -0.05) is 39.8 Å². The number of nitrogens with one attached hydrogen (secondary N) is 1. The van der Waals surface area contributed by atoms with Crippen molar-refractivity contribution in [3.05, 3.63) is 35.7 Å². The van der Waals surface area contributed by atoms with E-state index in [4.69, 9.17) is 0 Å². The predicted octanol–water partition coefficient (Wildman–Crippen LogP) is 2.53. The maximum atomic E-state index is 4.09. The molecule has 0 aliphatic carbocycles. The molecular weight excluding hydrogens is 250 g/mol. The summed E-state index contributed by atoms with van der Waals surface area (Å²) in [4.78, 5) is 0. The highest BCUT2D eigenvalue weighted by Gasteiger charge is 2.08. The molecule has 0 saturated heterocycles. The molecule has 0 unspecified atom stereocenters. The Kier molecular flexibility index (Phi) is 4.84. The Morgan fingerprint density at radius 2 is 1.80 bits per heavy atom. The third-order valence-electron chi connectivity index (χ3n) is 3.17. The molecule has 0 aliphatic heterocycles. The van der Waals surface area contributed by atoms with Crippen molar-refractivity contribution in [1.82, 2.24) is 25.5 Å². The van der Waals surface area contributed by atoms with Gasteiger partial charge in [0.2, 0.25) is 0 Å². The fourth-order valence-electron chi connectivity index (χ4n) is 1.99. The molecule has 1 aromatic carbocycles. The minimum Gasteiger partial charge on any atom is -0.310 e. The summed E-state index contributed by atoms with van der Waals surface area (Å²) in [6.45, 7) is 10.4. The van der Waals surface area contributed by atoms with Gasteiger partial charge in [-0.15, -0.1) is 5.10 Å². The highest BCUT2D eigenvalue weighted by Crippen LogP contribution is 2.16. The maximum Gasteiger partial charge on any atom is 0.170 e. The molecule has 0 saturated carbocycles. The molecule has 1 aromatic heterocycles. The smallest absolute Gasteiger partial charge is 0.170 e. The molecule has 20 heavy (non-hydrogen) atoms. The molecule has 0 fully saturated rings. The Labute approximate surface area is 120 Å². The Bertz CT molecular complexity index is 527. The van der Waals surface area contributed by atoms with Crippen LogP contribution in [0.1, 0.15) is 45.0 Å². The number of hydrogen-bond donors (Lipinski definition) is 1. The summed E-state index contributed by atoms with van der Waals surface area (Å²) in [5, 5.41) is 15.3. The molecule has 5 nitrogen and oxygen atoms in total. The van der Waals surface area contributed by atoms with Crippen LogP contribution in [-0.2, 0) is 6.54 Å². The SMILES string of the molecule is CC(C)CNCc1nnnn1-c1ccc(C(C)C)cc1. The summed E-state index contributed by atoms with van der Waals surface area (Å²) in [5.41, 5.74) is 2.32. The molecule has 0 bridgehead atoms. The predicted molar refractivity (Wildman–Crippen MR) is 79.8 cm³/mol. The second kappa shape index (κ2) is 6.61. The molecule has 2 aromatic rings. The van der Waals surface area contributed by atoms with Gasteiger partial charge < -0.3 is 5.32 Å².